The number of hydrogen-bond acceptors (Lipinski definition) is 6. The summed E-state index contributed by atoms with van der Waals surface area (Å²) in [6, 6.07) is 15.6. The average molecular weight is 437 g/mol. The Labute approximate surface area is 185 Å². The lowest BCUT2D eigenvalue weighted by molar-refractivity contribution is -0.147. The summed E-state index contributed by atoms with van der Waals surface area (Å²) in [5.74, 6) is 0.156. The number of aromatic nitrogens is 1. The molecule has 1 aliphatic heterocycles. The molecule has 0 fully saturated rings. The van der Waals surface area contributed by atoms with Crippen molar-refractivity contribution in [2.45, 2.75) is 26.2 Å². The van der Waals surface area contributed by atoms with Crippen molar-refractivity contribution in [2.75, 3.05) is 24.7 Å². The van der Waals surface area contributed by atoms with Gasteiger partial charge in [-0.25, -0.2) is 4.98 Å². The van der Waals surface area contributed by atoms with E-state index in [0.29, 0.717) is 18.8 Å². The van der Waals surface area contributed by atoms with Crippen LogP contribution in [0.3, 0.4) is 0 Å². The highest BCUT2D eigenvalue weighted by Gasteiger charge is 2.23. The second kappa shape index (κ2) is 9.75. The van der Waals surface area contributed by atoms with Crippen LogP contribution in [0.1, 0.15) is 24.6 Å². The summed E-state index contributed by atoms with van der Waals surface area (Å²) in [5, 5.41) is 2.67. The van der Waals surface area contributed by atoms with Gasteiger partial charge in [0, 0.05) is 23.2 Å². The number of benzene rings is 2. The van der Waals surface area contributed by atoms with Crippen molar-refractivity contribution in [1.29, 1.82) is 0 Å². The maximum absolute atomic E-state index is 12.6. The summed E-state index contributed by atoms with van der Waals surface area (Å²) < 4.78 is 10.7. The fourth-order valence-corrected chi connectivity index (χ4v) is 4.42. The lowest BCUT2D eigenvalue weighted by Gasteiger charge is -2.29. The highest BCUT2D eigenvalue weighted by Crippen LogP contribution is 2.27. The van der Waals surface area contributed by atoms with Gasteiger partial charge < -0.3 is 14.4 Å². The number of rotatable bonds is 7. The summed E-state index contributed by atoms with van der Waals surface area (Å²) in [7, 11) is 0. The van der Waals surface area contributed by atoms with E-state index in [4.69, 9.17) is 9.47 Å². The van der Waals surface area contributed by atoms with Crippen LogP contribution in [-0.4, -0.2) is 36.6 Å². The number of carbonyl (C=O) groups excluding carboxylic acids is 2. The van der Waals surface area contributed by atoms with Crippen molar-refractivity contribution in [2.24, 2.45) is 0 Å². The van der Waals surface area contributed by atoms with Crippen molar-refractivity contribution >= 4 is 28.9 Å². The molecule has 0 radical (unpaired) electrons. The normalized spacial score (nSPS) is 12.9. The van der Waals surface area contributed by atoms with Gasteiger partial charge in [0.25, 0.3) is 5.91 Å². The monoisotopic (exact) mass is 436 g/mol. The largest absolute Gasteiger partial charge is 0.494 e. The molecule has 3 aromatic rings. The topological polar surface area (TPSA) is 68.7 Å². The molecular weight excluding hydrogens is 412 g/mol. The molecule has 1 aliphatic rings. The molecule has 0 spiro atoms. The predicted molar refractivity (Wildman–Crippen MR) is 120 cm³/mol. The molecule has 1 aromatic heterocycles. The highest BCUT2D eigenvalue weighted by molar-refractivity contribution is 7.13. The quantitative estimate of drug-likeness (QED) is 0.517. The number of ether oxygens (including phenoxy) is 2. The molecule has 0 atom stereocenters. The smallest absolute Gasteiger partial charge is 0.312 e. The number of carbonyl (C=O) groups is 2. The Morgan fingerprint density at radius 2 is 1.94 bits per heavy atom. The molecule has 160 valence electrons. The van der Waals surface area contributed by atoms with E-state index >= 15 is 0 Å². The lowest BCUT2D eigenvalue weighted by Crippen LogP contribution is -2.38. The predicted octanol–water partition coefficient (Wildman–Crippen LogP) is 4.27. The number of esters is 1. The van der Waals surface area contributed by atoms with Crippen LogP contribution in [0, 0.1) is 0 Å². The third kappa shape index (κ3) is 5.11. The third-order valence-electron chi connectivity index (χ3n) is 5.06. The number of nitrogens with zero attached hydrogens (tertiary/aromatic N) is 2. The fraction of sp³-hybridized carbons (Fsp3) is 0.292. The first-order chi connectivity index (χ1) is 15.1. The Morgan fingerprint density at radius 1 is 1.13 bits per heavy atom. The van der Waals surface area contributed by atoms with Crippen molar-refractivity contribution in [3.63, 3.8) is 0 Å². The van der Waals surface area contributed by atoms with Crippen LogP contribution in [0.5, 0.6) is 5.75 Å². The molecule has 2 aromatic carbocycles. The van der Waals surface area contributed by atoms with Crippen LogP contribution in [-0.2, 0) is 27.2 Å². The van der Waals surface area contributed by atoms with Crippen molar-refractivity contribution in [3.8, 4) is 16.3 Å². The minimum absolute atomic E-state index is 0.0391. The van der Waals surface area contributed by atoms with Crippen LogP contribution in [0.25, 0.3) is 10.6 Å². The van der Waals surface area contributed by atoms with Crippen LogP contribution in [0.4, 0.5) is 5.69 Å². The molecule has 7 heteroatoms. The molecule has 0 saturated heterocycles. The Balaban J connectivity index is 1.31. The van der Waals surface area contributed by atoms with Gasteiger partial charge in [0.1, 0.15) is 10.8 Å². The van der Waals surface area contributed by atoms with Crippen LogP contribution in [0.15, 0.2) is 53.9 Å². The van der Waals surface area contributed by atoms with Crippen LogP contribution >= 0.6 is 11.3 Å². The average Bonchev–Trinajstić information content (AvgIpc) is 3.26. The van der Waals surface area contributed by atoms with Gasteiger partial charge in [-0.2, -0.15) is 0 Å². The van der Waals surface area contributed by atoms with Crippen LogP contribution in [0.2, 0.25) is 0 Å². The SMILES string of the molecule is CCOc1ccc(-c2nc(CC(=O)OCC(=O)N3CCCc4ccccc43)cs2)cc1. The van der Waals surface area contributed by atoms with E-state index in [2.05, 4.69) is 4.98 Å². The molecule has 0 unspecified atom stereocenters. The molecule has 31 heavy (non-hydrogen) atoms. The molecule has 2 heterocycles. The minimum atomic E-state index is -0.456. The minimum Gasteiger partial charge on any atom is -0.494 e. The van der Waals surface area contributed by atoms with Gasteiger partial charge in [-0.3, -0.25) is 9.59 Å². The number of hydrogen-bond donors (Lipinski definition) is 0. The summed E-state index contributed by atoms with van der Waals surface area (Å²) >= 11 is 1.47. The number of para-hydroxylation sites is 1. The zero-order valence-corrected chi connectivity index (χ0v) is 18.2. The lowest BCUT2D eigenvalue weighted by atomic mass is 10.0. The van der Waals surface area contributed by atoms with E-state index in [1.807, 2.05) is 60.8 Å². The number of amides is 1. The summed E-state index contributed by atoms with van der Waals surface area (Å²) in [4.78, 5) is 31.1. The van der Waals surface area contributed by atoms with E-state index in [-0.39, 0.29) is 18.9 Å². The van der Waals surface area contributed by atoms with E-state index in [1.165, 1.54) is 11.3 Å². The van der Waals surface area contributed by atoms with E-state index < -0.39 is 5.97 Å². The first-order valence-electron chi connectivity index (χ1n) is 10.4. The van der Waals surface area contributed by atoms with Gasteiger partial charge in [0.05, 0.1) is 18.7 Å². The van der Waals surface area contributed by atoms with Crippen molar-refractivity contribution < 1.29 is 19.1 Å². The summed E-state index contributed by atoms with van der Waals surface area (Å²) in [6.07, 6.45) is 1.90. The number of thiazole rings is 1. The van der Waals surface area contributed by atoms with Gasteiger partial charge in [-0.05, 0) is 55.7 Å². The molecule has 0 aliphatic carbocycles. The van der Waals surface area contributed by atoms with Crippen LogP contribution < -0.4 is 9.64 Å². The second-order valence-electron chi connectivity index (χ2n) is 7.22. The Bertz CT molecular complexity index is 1060. The zero-order chi connectivity index (χ0) is 21.6. The first kappa shape index (κ1) is 21.1. The number of fused-ring (bicyclic) bond motifs is 1. The first-order valence-corrected chi connectivity index (χ1v) is 11.2. The third-order valence-corrected chi connectivity index (χ3v) is 6.00. The number of anilines is 1. The highest BCUT2D eigenvalue weighted by atomic mass is 32.1. The van der Waals surface area contributed by atoms with Gasteiger partial charge >= 0.3 is 5.97 Å². The molecule has 0 saturated carbocycles. The molecule has 6 nitrogen and oxygen atoms in total. The molecule has 0 N–H and O–H groups in total. The van der Waals surface area contributed by atoms with Gasteiger partial charge in [-0.15, -0.1) is 11.3 Å². The Morgan fingerprint density at radius 3 is 2.74 bits per heavy atom. The van der Waals surface area contributed by atoms with E-state index in [0.717, 1.165) is 40.4 Å². The molecule has 0 bridgehead atoms. The van der Waals surface area contributed by atoms with Crippen molar-refractivity contribution in [1.82, 2.24) is 4.98 Å². The summed E-state index contributed by atoms with van der Waals surface area (Å²) in [6.45, 7) is 2.95. The fourth-order valence-electron chi connectivity index (χ4n) is 3.59. The molecule has 1 amide bonds. The van der Waals surface area contributed by atoms with E-state index in [1.54, 1.807) is 4.90 Å². The maximum atomic E-state index is 12.6. The van der Waals surface area contributed by atoms with Gasteiger partial charge in [-0.1, -0.05) is 18.2 Å². The standard InChI is InChI=1S/C24H24N2O4S/c1-2-29-20-11-9-18(10-12-20)24-25-19(16-31-24)14-23(28)30-15-22(27)26-13-5-7-17-6-3-4-8-21(17)26/h3-4,6,8-12,16H,2,5,7,13-15H2,1H3. The molecule has 4 rings (SSSR count). The maximum Gasteiger partial charge on any atom is 0.312 e. The molecular formula is C24H24N2O4S. The zero-order valence-electron chi connectivity index (χ0n) is 17.4. The van der Waals surface area contributed by atoms with Gasteiger partial charge in [0.2, 0.25) is 0 Å². The Hall–Kier alpha value is -3.19. The Kier molecular flexibility index (Phi) is 6.62. The number of aryl methyl sites for hydroxylation is 1. The van der Waals surface area contributed by atoms with Gasteiger partial charge in [0.15, 0.2) is 6.61 Å². The summed E-state index contributed by atoms with van der Waals surface area (Å²) in [5.41, 5.74) is 3.66. The second-order valence-corrected chi connectivity index (χ2v) is 8.07. The van der Waals surface area contributed by atoms with E-state index in [9.17, 15) is 9.59 Å². The van der Waals surface area contributed by atoms with Crippen molar-refractivity contribution in [3.05, 3.63) is 65.2 Å².